The van der Waals surface area contributed by atoms with Crippen molar-refractivity contribution >= 4 is 17.9 Å². The molecule has 1 aromatic rings. The zero-order chi connectivity index (χ0) is 20.1. The van der Waals surface area contributed by atoms with Crippen molar-refractivity contribution in [2.45, 2.75) is 32.2 Å². The Kier molecular flexibility index (Phi) is 6.49. The summed E-state index contributed by atoms with van der Waals surface area (Å²) in [6.45, 7) is 2.32. The van der Waals surface area contributed by atoms with Crippen LogP contribution in [-0.4, -0.2) is 70.4 Å². The fourth-order valence-corrected chi connectivity index (χ4v) is 3.87. The maximum absolute atomic E-state index is 13.1. The normalized spacial score (nSPS) is 17.6. The van der Waals surface area contributed by atoms with Gasteiger partial charge in [-0.1, -0.05) is 12.1 Å². The van der Waals surface area contributed by atoms with Crippen LogP contribution < -0.4 is 0 Å². The monoisotopic (exact) mass is 391 g/mol. The molecule has 28 heavy (non-hydrogen) atoms. The van der Waals surface area contributed by atoms with E-state index in [2.05, 4.69) is 0 Å². The molecule has 0 spiro atoms. The number of nitrogens with zero attached hydrogens (tertiary/aromatic N) is 3. The van der Waals surface area contributed by atoms with Gasteiger partial charge in [0.05, 0.1) is 0 Å². The number of halogens is 1. The molecule has 2 fully saturated rings. The molecule has 0 unspecified atom stereocenters. The van der Waals surface area contributed by atoms with Gasteiger partial charge in [-0.25, -0.2) is 9.18 Å². The molecule has 1 aromatic carbocycles. The number of carbonyl (C=O) groups excluding carboxylic acids is 2. The molecule has 3 amide bonds. The van der Waals surface area contributed by atoms with Crippen LogP contribution in [-0.2, 0) is 16.1 Å². The Morgan fingerprint density at radius 2 is 1.57 bits per heavy atom. The van der Waals surface area contributed by atoms with Gasteiger partial charge in [0, 0.05) is 38.6 Å². The van der Waals surface area contributed by atoms with E-state index in [0.29, 0.717) is 31.5 Å². The molecular weight excluding hydrogens is 365 g/mol. The van der Waals surface area contributed by atoms with E-state index < -0.39 is 12.5 Å². The minimum absolute atomic E-state index is 0.0390. The number of carboxylic acid groups (broad SMARTS) is 1. The Balaban J connectivity index is 1.59. The highest BCUT2D eigenvalue weighted by Gasteiger charge is 2.33. The number of likely N-dealkylation sites (tertiary alicyclic amines) is 2. The first-order chi connectivity index (χ1) is 13.4. The number of benzene rings is 1. The van der Waals surface area contributed by atoms with Gasteiger partial charge in [-0.2, -0.15) is 0 Å². The zero-order valence-electron chi connectivity index (χ0n) is 15.8. The third kappa shape index (κ3) is 4.99. The summed E-state index contributed by atoms with van der Waals surface area (Å²) in [7, 11) is 0. The molecule has 2 saturated heterocycles. The van der Waals surface area contributed by atoms with Gasteiger partial charge in [0.2, 0.25) is 5.91 Å². The number of aliphatic carboxylic acids is 1. The van der Waals surface area contributed by atoms with E-state index in [1.807, 2.05) is 4.90 Å². The van der Waals surface area contributed by atoms with E-state index in [0.717, 1.165) is 25.9 Å². The first-order valence-electron chi connectivity index (χ1n) is 9.73. The summed E-state index contributed by atoms with van der Waals surface area (Å²) in [6.07, 6.45) is 3.12. The van der Waals surface area contributed by atoms with Crippen molar-refractivity contribution in [3.63, 3.8) is 0 Å². The topological polar surface area (TPSA) is 81.2 Å². The predicted molar refractivity (Wildman–Crippen MR) is 100.0 cm³/mol. The van der Waals surface area contributed by atoms with Crippen LogP contribution in [0.3, 0.4) is 0 Å². The summed E-state index contributed by atoms with van der Waals surface area (Å²) < 4.78 is 13.1. The standard InChI is InChI=1S/C20H26FN3O4/c21-17-5-3-15(4-6-17)13-24(14-18(25)26)19(27)16-7-11-23(12-8-16)20(28)22-9-1-2-10-22/h3-6,16H,1-2,7-14H2,(H,25,26). The average molecular weight is 391 g/mol. The largest absolute Gasteiger partial charge is 0.480 e. The van der Waals surface area contributed by atoms with Crippen LogP contribution in [0.5, 0.6) is 0 Å². The molecule has 0 atom stereocenters. The molecule has 0 radical (unpaired) electrons. The highest BCUT2D eigenvalue weighted by Crippen LogP contribution is 2.23. The lowest BCUT2D eigenvalue weighted by atomic mass is 9.95. The van der Waals surface area contributed by atoms with Crippen molar-refractivity contribution in [1.29, 1.82) is 0 Å². The van der Waals surface area contributed by atoms with Gasteiger partial charge in [0.15, 0.2) is 0 Å². The Labute approximate surface area is 163 Å². The number of urea groups is 1. The second-order valence-electron chi connectivity index (χ2n) is 7.45. The van der Waals surface area contributed by atoms with Crippen LogP contribution in [0, 0.1) is 11.7 Å². The van der Waals surface area contributed by atoms with Crippen LogP contribution in [0.15, 0.2) is 24.3 Å². The molecule has 152 valence electrons. The third-order valence-corrected chi connectivity index (χ3v) is 5.42. The number of piperidine rings is 1. The van der Waals surface area contributed by atoms with Gasteiger partial charge in [0.25, 0.3) is 0 Å². The number of carbonyl (C=O) groups is 3. The van der Waals surface area contributed by atoms with Gasteiger partial charge in [-0.05, 0) is 43.4 Å². The smallest absolute Gasteiger partial charge is 0.323 e. The Morgan fingerprint density at radius 3 is 2.14 bits per heavy atom. The molecule has 2 heterocycles. The molecule has 0 bridgehead atoms. The average Bonchev–Trinajstić information content (AvgIpc) is 3.22. The van der Waals surface area contributed by atoms with Gasteiger partial charge in [-0.3, -0.25) is 9.59 Å². The lowest BCUT2D eigenvalue weighted by Crippen LogP contribution is -2.48. The summed E-state index contributed by atoms with van der Waals surface area (Å²) >= 11 is 0. The van der Waals surface area contributed by atoms with E-state index in [4.69, 9.17) is 0 Å². The van der Waals surface area contributed by atoms with Crippen molar-refractivity contribution in [2.24, 2.45) is 5.92 Å². The van der Waals surface area contributed by atoms with E-state index in [1.54, 1.807) is 17.0 Å². The summed E-state index contributed by atoms with van der Waals surface area (Å²) in [4.78, 5) is 41.5. The van der Waals surface area contributed by atoms with Crippen molar-refractivity contribution in [2.75, 3.05) is 32.7 Å². The Hall–Kier alpha value is -2.64. The molecule has 0 aromatic heterocycles. The van der Waals surface area contributed by atoms with Gasteiger partial charge in [-0.15, -0.1) is 0 Å². The maximum Gasteiger partial charge on any atom is 0.323 e. The molecule has 3 rings (SSSR count). The molecule has 7 nitrogen and oxygen atoms in total. The number of amides is 3. The van der Waals surface area contributed by atoms with Gasteiger partial charge < -0.3 is 19.8 Å². The second kappa shape index (κ2) is 9.03. The maximum atomic E-state index is 13.1. The van der Waals surface area contributed by atoms with Crippen LogP contribution >= 0.6 is 0 Å². The van der Waals surface area contributed by atoms with Crippen molar-refractivity contribution in [1.82, 2.24) is 14.7 Å². The summed E-state index contributed by atoms with van der Waals surface area (Å²) in [6, 6.07) is 5.73. The van der Waals surface area contributed by atoms with Gasteiger partial charge in [0.1, 0.15) is 12.4 Å². The summed E-state index contributed by atoms with van der Waals surface area (Å²) in [5.41, 5.74) is 0.678. The summed E-state index contributed by atoms with van der Waals surface area (Å²) in [5.74, 6) is -1.99. The molecule has 0 aliphatic carbocycles. The fraction of sp³-hybridized carbons (Fsp3) is 0.550. The van der Waals surface area contributed by atoms with E-state index in [-0.39, 0.29) is 30.2 Å². The van der Waals surface area contributed by atoms with E-state index >= 15 is 0 Å². The van der Waals surface area contributed by atoms with Crippen LogP contribution in [0.25, 0.3) is 0 Å². The van der Waals surface area contributed by atoms with Crippen molar-refractivity contribution in [3.05, 3.63) is 35.6 Å². The molecule has 2 aliphatic rings. The van der Waals surface area contributed by atoms with Crippen molar-refractivity contribution < 1.29 is 23.9 Å². The first-order valence-corrected chi connectivity index (χ1v) is 9.73. The number of hydrogen-bond acceptors (Lipinski definition) is 3. The Morgan fingerprint density at radius 1 is 1.00 bits per heavy atom. The number of rotatable bonds is 5. The highest BCUT2D eigenvalue weighted by atomic mass is 19.1. The molecule has 1 N–H and O–H groups in total. The minimum Gasteiger partial charge on any atom is -0.480 e. The van der Waals surface area contributed by atoms with E-state index in [9.17, 15) is 23.9 Å². The molecule has 0 saturated carbocycles. The zero-order valence-corrected chi connectivity index (χ0v) is 15.8. The molecule has 8 heteroatoms. The SMILES string of the molecule is O=C(O)CN(Cc1ccc(F)cc1)C(=O)C1CCN(C(=O)N2CCCC2)CC1. The fourth-order valence-electron chi connectivity index (χ4n) is 3.87. The lowest BCUT2D eigenvalue weighted by molar-refractivity contribution is -0.147. The highest BCUT2D eigenvalue weighted by molar-refractivity contribution is 5.83. The van der Waals surface area contributed by atoms with E-state index in [1.165, 1.54) is 17.0 Å². The third-order valence-electron chi connectivity index (χ3n) is 5.42. The van der Waals surface area contributed by atoms with Crippen LogP contribution in [0.1, 0.15) is 31.2 Å². The van der Waals surface area contributed by atoms with Crippen LogP contribution in [0.2, 0.25) is 0 Å². The second-order valence-corrected chi connectivity index (χ2v) is 7.45. The summed E-state index contributed by atoms with van der Waals surface area (Å²) in [5, 5.41) is 9.18. The Bertz CT molecular complexity index is 711. The predicted octanol–water partition coefficient (Wildman–Crippen LogP) is 2.17. The minimum atomic E-state index is -1.09. The lowest BCUT2D eigenvalue weighted by Gasteiger charge is -2.35. The van der Waals surface area contributed by atoms with Crippen LogP contribution in [0.4, 0.5) is 9.18 Å². The van der Waals surface area contributed by atoms with Gasteiger partial charge >= 0.3 is 12.0 Å². The number of carboxylic acids is 1. The molecule has 2 aliphatic heterocycles. The quantitative estimate of drug-likeness (QED) is 0.834. The van der Waals surface area contributed by atoms with Crippen molar-refractivity contribution in [3.8, 4) is 0 Å². The number of hydrogen-bond donors (Lipinski definition) is 1. The molecular formula is C20H26FN3O4. The first kappa shape index (κ1) is 20.1.